The fourth-order valence-electron chi connectivity index (χ4n) is 3.46. The monoisotopic (exact) mass is 541 g/mol. The number of hydrogen-bond acceptors (Lipinski definition) is 7. The number of amides is 1. The van der Waals surface area contributed by atoms with Crippen molar-refractivity contribution in [1.82, 2.24) is 10.3 Å². The molecule has 0 fully saturated rings. The molecule has 0 unspecified atom stereocenters. The summed E-state index contributed by atoms with van der Waals surface area (Å²) in [6.07, 6.45) is -4.24. The molecule has 1 aromatic heterocycles. The van der Waals surface area contributed by atoms with E-state index in [4.69, 9.17) is 31.0 Å². The zero-order valence-corrected chi connectivity index (χ0v) is 20.0. The van der Waals surface area contributed by atoms with Gasteiger partial charge in [0, 0.05) is 30.0 Å². The van der Waals surface area contributed by atoms with E-state index in [1.807, 2.05) is 30.3 Å². The van der Waals surface area contributed by atoms with Crippen LogP contribution in [0.4, 0.5) is 18.9 Å². The molecule has 0 atom stereocenters. The quantitative estimate of drug-likeness (QED) is 0.438. The summed E-state index contributed by atoms with van der Waals surface area (Å²) in [6.45, 7) is 2.72. The molecule has 0 radical (unpaired) electrons. The summed E-state index contributed by atoms with van der Waals surface area (Å²) in [7, 11) is 0. The molecule has 3 heterocycles. The second-order valence-electron chi connectivity index (χ2n) is 7.60. The molecule has 0 bridgehead atoms. The number of aliphatic carboxylic acids is 1. The Morgan fingerprint density at radius 2 is 1.86 bits per heavy atom. The molecule has 2 aromatic carbocycles. The molecule has 0 saturated carbocycles. The highest BCUT2D eigenvalue weighted by atomic mass is 35.5. The number of benzene rings is 2. The SMILES string of the molecule is O=C(Nc1cccc(-c2ccc3c(c2)OCCO3)c1Cl)c1nc2c(s1)CNCC2.O=C(O)C(F)(F)F. The Hall–Kier alpha value is -3.35. The summed E-state index contributed by atoms with van der Waals surface area (Å²) in [5.74, 6) is -1.58. The maximum Gasteiger partial charge on any atom is 0.490 e. The number of thiazole rings is 1. The highest BCUT2D eigenvalue weighted by Gasteiger charge is 2.38. The number of carboxylic acid groups (broad SMARTS) is 1. The molecular formula is C23H19ClF3N3O5S. The van der Waals surface area contributed by atoms with Crippen LogP contribution in [0.3, 0.4) is 0 Å². The van der Waals surface area contributed by atoms with Gasteiger partial charge in [-0.1, -0.05) is 29.8 Å². The molecule has 0 aliphatic carbocycles. The van der Waals surface area contributed by atoms with E-state index in [0.717, 1.165) is 47.0 Å². The van der Waals surface area contributed by atoms with E-state index in [0.29, 0.717) is 34.7 Å². The van der Waals surface area contributed by atoms with E-state index in [1.54, 1.807) is 6.07 Å². The fraction of sp³-hybridized carbons (Fsp3) is 0.261. The first-order valence-corrected chi connectivity index (χ1v) is 11.8. The van der Waals surface area contributed by atoms with Crippen molar-refractivity contribution in [1.29, 1.82) is 0 Å². The van der Waals surface area contributed by atoms with Crippen molar-refractivity contribution < 1.29 is 37.3 Å². The van der Waals surface area contributed by atoms with Gasteiger partial charge < -0.3 is 25.2 Å². The molecule has 3 N–H and O–H groups in total. The van der Waals surface area contributed by atoms with Crippen LogP contribution in [0.5, 0.6) is 11.5 Å². The van der Waals surface area contributed by atoms with Gasteiger partial charge in [-0.15, -0.1) is 11.3 Å². The van der Waals surface area contributed by atoms with Gasteiger partial charge in [0.15, 0.2) is 16.5 Å². The van der Waals surface area contributed by atoms with Gasteiger partial charge in [0.05, 0.1) is 16.4 Å². The average molecular weight is 542 g/mol. The summed E-state index contributed by atoms with van der Waals surface area (Å²) in [4.78, 5) is 27.3. The largest absolute Gasteiger partial charge is 0.490 e. The zero-order valence-electron chi connectivity index (χ0n) is 18.4. The standard InChI is InChI=1S/C21H18ClN3O3S.C2HF3O2/c22-19-13(12-4-5-16-17(10-12)28-9-8-27-16)2-1-3-15(19)24-20(26)21-25-14-6-7-23-11-18(14)29-21;3-2(4,5)1(6)7/h1-5,10,23H,6-9,11H2,(H,24,26);(H,6,7). The number of anilines is 1. The van der Waals surface area contributed by atoms with E-state index in [-0.39, 0.29) is 5.91 Å². The van der Waals surface area contributed by atoms with Crippen LogP contribution >= 0.6 is 22.9 Å². The summed E-state index contributed by atoms with van der Waals surface area (Å²) in [5, 5.41) is 14.3. The van der Waals surface area contributed by atoms with Crippen LogP contribution in [0.2, 0.25) is 5.02 Å². The van der Waals surface area contributed by atoms with Crippen LogP contribution in [0.1, 0.15) is 20.4 Å². The number of nitrogens with one attached hydrogen (secondary N) is 2. The lowest BCUT2D eigenvalue weighted by Gasteiger charge is -2.19. The molecule has 1 amide bonds. The lowest BCUT2D eigenvalue weighted by atomic mass is 10.0. The van der Waals surface area contributed by atoms with Crippen LogP contribution in [-0.4, -0.2) is 47.9 Å². The van der Waals surface area contributed by atoms with E-state index in [1.165, 1.54) is 11.3 Å². The fourth-order valence-corrected chi connectivity index (χ4v) is 4.72. The van der Waals surface area contributed by atoms with Crippen molar-refractivity contribution in [3.05, 3.63) is 57.0 Å². The summed E-state index contributed by atoms with van der Waals surface area (Å²) in [5.41, 5.74) is 3.26. The summed E-state index contributed by atoms with van der Waals surface area (Å²) in [6, 6.07) is 11.3. The Morgan fingerprint density at radius 3 is 2.56 bits per heavy atom. The molecule has 13 heteroatoms. The van der Waals surface area contributed by atoms with Gasteiger partial charge in [-0.2, -0.15) is 13.2 Å². The maximum absolute atomic E-state index is 12.7. The maximum atomic E-state index is 12.7. The van der Waals surface area contributed by atoms with Crippen LogP contribution in [-0.2, 0) is 17.8 Å². The smallest absolute Gasteiger partial charge is 0.486 e. The second-order valence-corrected chi connectivity index (χ2v) is 9.06. The van der Waals surface area contributed by atoms with Gasteiger partial charge in [0.2, 0.25) is 0 Å². The molecule has 0 saturated heterocycles. The number of carbonyl (C=O) groups is 2. The average Bonchev–Trinajstić information content (AvgIpc) is 3.29. The number of alkyl halides is 3. The van der Waals surface area contributed by atoms with Gasteiger partial charge in [-0.05, 0) is 23.8 Å². The summed E-state index contributed by atoms with van der Waals surface area (Å²) < 4.78 is 43.0. The highest BCUT2D eigenvalue weighted by molar-refractivity contribution is 7.13. The molecule has 2 aliphatic rings. The van der Waals surface area contributed by atoms with Crippen LogP contribution < -0.4 is 20.1 Å². The van der Waals surface area contributed by atoms with Gasteiger partial charge in [0.1, 0.15) is 13.2 Å². The number of carboxylic acids is 1. The van der Waals surface area contributed by atoms with Crippen LogP contribution in [0.15, 0.2) is 36.4 Å². The van der Waals surface area contributed by atoms with Crippen LogP contribution in [0.25, 0.3) is 11.1 Å². The molecule has 8 nitrogen and oxygen atoms in total. The number of fused-ring (bicyclic) bond motifs is 2. The first-order valence-electron chi connectivity index (χ1n) is 10.6. The second kappa shape index (κ2) is 10.7. The number of aromatic nitrogens is 1. The first-order chi connectivity index (χ1) is 17.1. The summed E-state index contributed by atoms with van der Waals surface area (Å²) >= 11 is 8.07. The predicted molar refractivity (Wildman–Crippen MR) is 127 cm³/mol. The minimum absolute atomic E-state index is 0.245. The van der Waals surface area contributed by atoms with Crippen molar-refractivity contribution in [2.75, 3.05) is 25.1 Å². The van der Waals surface area contributed by atoms with E-state index in [9.17, 15) is 18.0 Å². The highest BCUT2D eigenvalue weighted by Crippen LogP contribution is 2.39. The van der Waals surface area contributed by atoms with Crippen molar-refractivity contribution in [2.45, 2.75) is 19.1 Å². The van der Waals surface area contributed by atoms with Crippen molar-refractivity contribution in [2.24, 2.45) is 0 Å². The Morgan fingerprint density at radius 1 is 1.14 bits per heavy atom. The third-order valence-electron chi connectivity index (χ3n) is 5.14. The Kier molecular flexibility index (Phi) is 7.67. The molecule has 5 rings (SSSR count). The molecular weight excluding hydrogens is 523 g/mol. The Balaban J connectivity index is 0.000000384. The van der Waals surface area contributed by atoms with E-state index in [2.05, 4.69) is 15.6 Å². The van der Waals surface area contributed by atoms with Crippen molar-refractivity contribution in [3.63, 3.8) is 0 Å². The minimum atomic E-state index is -5.08. The Bertz CT molecular complexity index is 1270. The molecule has 0 spiro atoms. The lowest BCUT2D eigenvalue weighted by molar-refractivity contribution is -0.192. The molecule has 3 aromatic rings. The normalized spacial score (nSPS) is 14.2. The number of carbonyl (C=O) groups excluding carboxylic acids is 1. The molecule has 36 heavy (non-hydrogen) atoms. The number of hydrogen-bond donors (Lipinski definition) is 3. The first kappa shape index (κ1) is 25.7. The zero-order chi connectivity index (χ0) is 25.9. The Labute approximate surface area is 212 Å². The molecule has 190 valence electrons. The third-order valence-corrected chi connectivity index (χ3v) is 6.64. The van der Waals surface area contributed by atoms with E-state index >= 15 is 0 Å². The van der Waals surface area contributed by atoms with Crippen molar-refractivity contribution >= 4 is 40.5 Å². The predicted octanol–water partition coefficient (Wildman–Crippen LogP) is 4.77. The number of halogens is 4. The van der Waals surface area contributed by atoms with Gasteiger partial charge in [-0.25, -0.2) is 9.78 Å². The van der Waals surface area contributed by atoms with Crippen molar-refractivity contribution in [3.8, 4) is 22.6 Å². The number of nitrogens with zero attached hydrogens (tertiary/aromatic N) is 1. The van der Waals surface area contributed by atoms with E-state index < -0.39 is 12.1 Å². The minimum Gasteiger partial charge on any atom is -0.486 e. The van der Waals surface area contributed by atoms with Gasteiger partial charge in [0.25, 0.3) is 5.91 Å². The van der Waals surface area contributed by atoms with Crippen LogP contribution in [0, 0.1) is 0 Å². The molecule has 2 aliphatic heterocycles. The van der Waals surface area contributed by atoms with Gasteiger partial charge >= 0.3 is 12.1 Å². The number of rotatable bonds is 3. The lowest BCUT2D eigenvalue weighted by Crippen LogP contribution is -2.22. The van der Waals surface area contributed by atoms with Gasteiger partial charge in [-0.3, -0.25) is 4.79 Å². The third kappa shape index (κ3) is 5.89. The number of ether oxygens (including phenoxy) is 2. The topological polar surface area (TPSA) is 110 Å².